The van der Waals surface area contributed by atoms with Crippen LogP contribution in [0.2, 0.25) is 5.02 Å². The van der Waals surface area contributed by atoms with E-state index in [0.29, 0.717) is 6.54 Å². The van der Waals surface area contributed by atoms with Gasteiger partial charge in [0.05, 0.1) is 4.92 Å². The average molecular weight is 397 g/mol. The minimum absolute atomic E-state index is 0.0157. The molecule has 27 heavy (non-hydrogen) atoms. The number of nitro benzene ring substituents is 1. The number of benzene rings is 1. The maximum Gasteiger partial charge on any atom is 0.300 e. The van der Waals surface area contributed by atoms with Gasteiger partial charge in [-0.05, 0) is 18.6 Å². The molecule has 6 heteroatoms. The molecule has 1 aromatic rings. The lowest BCUT2D eigenvalue weighted by molar-refractivity contribution is -0.385. The summed E-state index contributed by atoms with van der Waals surface area (Å²) in [6.45, 7) is 2.77. The second-order valence-electron chi connectivity index (χ2n) is 7.04. The fourth-order valence-corrected chi connectivity index (χ4v) is 3.39. The van der Waals surface area contributed by atoms with Crippen LogP contribution >= 0.6 is 11.6 Å². The topological polar surface area (TPSA) is 72.2 Å². The first-order chi connectivity index (χ1) is 13.1. The van der Waals surface area contributed by atoms with E-state index in [4.69, 9.17) is 11.6 Å². The molecule has 0 bridgehead atoms. The Balaban J connectivity index is 2.08. The molecule has 0 saturated heterocycles. The number of carbonyl (C=O) groups is 1. The average Bonchev–Trinajstić information content (AvgIpc) is 2.64. The van der Waals surface area contributed by atoms with Crippen molar-refractivity contribution in [2.45, 2.75) is 84.0 Å². The third kappa shape index (κ3) is 9.76. The zero-order chi connectivity index (χ0) is 19.9. The molecule has 0 fully saturated rings. The van der Waals surface area contributed by atoms with Crippen LogP contribution in [-0.4, -0.2) is 17.4 Å². The van der Waals surface area contributed by atoms with E-state index < -0.39 is 10.8 Å². The van der Waals surface area contributed by atoms with E-state index in [9.17, 15) is 14.9 Å². The van der Waals surface area contributed by atoms with Gasteiger partial charge in [0.2, 0.25) is 0 Å². The van der Waals surface area contributed by atoms with Crippen molar-refractivity contribution < 1.29 is 9.72 Å². The lowest BCUT2D eigenvalue weighted by Crippen LogP contribution is -2.25. The van der Waals surface area contributed by atoms with Crippen LogP contribution in [0.3, 0.4) is 0 Å². The summed E-state index contributed by atoms with van der Waals surface area (Å²) in [5.41, 5.74) is -0.308. The number of hydrogen-bond acceptors (Lipinski definition) is 3. The molecule has 0 aliphatic rings. The van der Waals surface area contributed by atoms with E-state index >= 15 is 0 Å². The molecule has 0 spiro atoms. The lowest BCUT2D eigenvalue weighted by Gasteiger charge is -2.07. The fraction of sp³-hybridized carbons (Fsp3) is 0.667. The number of para-hydroxylation sites is 1. The molecule has 0 aliphatic carbocycles. The molecule has 5 nitrogen and oxygen atoms in total. The number of nitro groups is 1. The van der Waals surface area contributed by atoms with Crippen LogP contribution in [0.1, 0.15) is 94.3 Å². The summed E-state index contributed by atoms with van der Waals surface area (Å²) in [4.78, 5) is 22.6. The number of nitrogens with zero attached hydrogens (tertiary/aromatic N) is 1. The Morgan fingerprint density at radius 1 is 0.963 bits per heavy atom. The number of hydrogen-bond donors (Lipinski definition) is 1. The van der Waals surface area contributed by atoms with E-state index in [1.807, 2.05) is 0 Å². The summed E-state index contributed by atoms with van der Waals surface area (Å²) in [6, 6.07) is 4.40. The SMILES string of the molecule is CCCCCCCCCCCCCCNC(=O)c1cccc(Cl)c1[N+](=O)[O-]. The number of halogens is 1. The Morgan fingerprint density at radius 2 is 1.48 bits per heavy atom. The minimum Gasteiger partial charge on any atom is -0.352 e. The molecule has 1 N–H and O–H groups in total. The first-order valence-corrected chi connectivity index (χ1v) is 10.7. The third-order valence-electron chi connectivity index (χ3n) is 4.73. The van der Waals surface area contributed by atoms with E-state index in [1.54, 1.807) is 6.07 Å². The van der Waals surface area contributed by atoms with Crippen molar-refractivity contribution in [2.24, 2.45) is 0 Å². The van der Waals surface area contributed by atoms with E-state index in [1.165, 1.54) is 76.3 Å². The second kappa shape index (κ2) is 14.4. The van der Waals surface area contributed by atoms with Crippen molar-refractivity contribution in [1.29, 1.82) is 0 Å². The highest BCUT2D eigenvalue weighted by Crippen LogP contribution is 2.28. The van der Waals surface area contributed by atoms with Crippen LogP contribution < -0.4 is 5.32 Å². The molecule has 1 rings (SSSR count). The standard InChI is InChI=1S/C21H33ClN2O3/c1-2-3-4-5-6-7-8-9-10-11-12-13-17-23-21(25)18-15-14-16-19(22)20(18)24(26)27/h14-16H,2-13,17H2,1H3,(H,23,25). The summed E-state index contributed by atoms with van der Waals surface area (Å²) in [6.07, 6.45) is 15.1. The number of unbranched alkanes of at least 4 members (excludes halogenated alkanes) is 11. The van der Waals surface area contributed by atoms with Crippen LogP contribution in [0.25, 0.3) is 0 Å². The van der Waals surface area contributed by atoms with Gasteiger partial charge in [0.15, 0.2) is 0 Å². The molecule has 0 saturated carbocycles. The summed E-state index contributed by atoms with van der Waals surface area (Å²) in [5, 5.41) is 13.8. The van der Waals surface area contributed by atoms with Crippen molar-refractivity contribution in [3.8, 4) is 0 Å². The summed E-state index contributed by atoms with van der Waals surface area (Å²) >= 11 is 5.83. The molecule has 1 amide bonds. The zero-order valence-electron chi connectivity index (χ0n) is 16.5. The third-order valence-corrected chi connectivity index (χ3v) is 5.03. The normalized spacial score (nSPS) is 10.7. The molecule has 152 valence electrons. The fourth-order valence-electron chi connectivity index (χ4n) is 3.15. The highest BCUT2D eigenvalue weighted by molar-refractivity contribution is 6.33. The van der Waals surface area contributed by atoms with Crippen molar-refractivity contribution >= 4 is 23.2 Å². The molecule has 0 heterocycles. The number of nitrogens with one attached hydrogen (secondary N) is 1. The number of amides is 1. The molecule has 1 aromatic carbocycles. The van der Waals surface area contributed by atoms with Crippen molar-refractivity contribution in [1.82, 2.24) is 5.32 Å². The molecular formula is C21H33ClN2O3. The van der Waals surface area contributed by atoms with Gasteiger partial charge < -0.3 is 5.32 Å². The van der Waals surface area contributed by atoms with Crippen molar-refractivity contribution in [3.05, 3.63) is 38.9 Å². The Bertz CT molecular complexity index is 579. The maximum absolute atomic E-state index is 12.1. The first kappa shape index (κ1) is 23.4. The maximum atomic E-state index is 12.1. The van der Waals surface area contributed by atoms with Gasteiger partial charge in [0, 0.05) is 6.54 Å². The van der Waals surface area contributed by atoms with Crippen LogP contribution in [0.15, 0.2) is 18.2 Å². The summed E-state index contributed by atoms with van der Waals surface area (Å²) < 4.78 is 0. The van der Waals surface area contributed by atoms with E-state index in [2.05, 4.69) is 12.2 Å². The summed E-state index contributed by atoms with van der Waals surface area (Å²) in [7, 11) is 0. The Hall–Kier alpha value is -1.62. The van der Waals surface area contributed by atoms with Crippen LogP contribution in [0.4, 0.5) is 5.69 Å². The van der Waals surface area contributed by atoms with Gasteiger partial charge >= 0.3 is 5.69 Å². The predicted molar refractivity (Wildman–Crippen MR) is 112 cm³/mol. The lowest BCUT2D eigenvalue weighted by atomic mass is 10.1. The van der Waals surface area contributed by atoms with Crippen LogP contribution in [0, 0.1) is 10.1 Å². The van der Waals surface area contributed by atoms with Gasteiger partial charge in [-0.3, -0.25) is 14.9 Å². The predicted octanol–water partition coefficient (Wildman–Crippen LogP) is 6.68. The van der Waals surface area contributed by atoms with Gasteiger partial charge in [-0.25, -0.2) is 0 Å². The van der Waals surface area contributed by atoms with Gasteiger partial charge in [0.25, 0.3) is 5.91 Å². The quantitative estimate of drug-likeness (QED) is 0.204. The van der Waals surface area contributed by atoms with Crippen molar-refractivity contribution in [2.75, 3.05) is 6.54 Å². The van der Waals surface area contributed by atoms with Crippen LogP contribution in [0.5, 0.6) is 0 Å². The largest absolute Gasteiger partial charge is 0.352 e. The monoisotopic (exact) mass is 396 g/mol. The Kier molecular flexibility index (Phi) is 12.5. The molecular weight excluding hydrogens is 364 g/mol. The first-order valence-electron chi connectivity index (χ1n) is 10.3. The van der Waals surface area contributed by atoms with E-state index in [0.717, 1.165) is 12.8 Å². The number of carbonyl (C=O) groups excluding carboxylic acids is 1. The van der Waals surface area contributed by atoms with E-state index in [-0.39, 0.29) is 16.3 Å². The molecule has 0 radical (unpaired) electrons. The number of rotatable bonds is 15. The Morgan fingerprint density at radius 3 is 2.00 bits per heavy atom. The second-order valence-corrected chi connectivity index (χ2v) is 7.45. The smallest absolute Gasteiger partial charge is 0.300 e. The van der Waals surface area contributed by atoms with Gasteiger partial charge in [0.1, 0.15) is 10.6 Å². The van der Waals surface area contributed by atoms with Gasteiger partial charge in [-0.15, -0.1) is 0 Å². The van der Waals surface area contributed by atoms with Gasteiger partial charge in [-0.1, -0.05) is 95.2 Å². The van der Waals surface area contributed by atoms with Crippen molar-refractivity contribution in [3.63, 3.8) is 0 Å². The molecule has 0 unspecified atom stereocenters. The summed E-state index contributed by atoms with van der Waals surface area (Å²) in [5.74, 6) is -0.438. The highest BCUT2D eigenvalue weighted by atomic mass is 35.5. The molecule has 0 aromatic heterocycles. The molecule has 0 aliphatic heterocycles. The van der Waals surface area contributed by atoms with Gasteiger partial charge in [-0.2, -0.15) is 0 Å². The zero-order valence-corrected chi connectivity index (χ0v) is 17.2. The Labute approximate surface area is 168 Å². The minimum atomic E-state index is -0.610. The highest BCUT2D eigenvalue weighted by Gasteiger charge is 2.23. The molecule has 0 atom stereocenters. The van der Waals surface area contributed by atoms with Crippen LogP contribution in [-0.2, 0) is 0 Å².